The number of carbonyl (C=O) groups excluding carboxylic acids is 2. The van der Waals surface area contributed by atoms with Crippen LogP contribution in [-0.4, -0.2) is 25.5 Å². The molecule has 1 atom stereocenters. The van der Waals surface area contributed by atoms with Gasteiger partial charge in [0.25, 0.3) is 5.91 Å². The van der Waals surface area contributed by atoms with Crippen LogP contribution in [0, 0.1) is 5.92 Å². The number of hydrogen-bond acceptors (Lipinski definition) is 3. The average Bonchev–Trinajstić information content (AvgIpc) is 3.01. The average molecular weight is 402 g/mol. The Morgan fingerprint density at radius 3 is 2.40 bits per heavy atom. The summed E-state index contributed by atoms with van der Waals surface area (Å²) in [6, 6.07) is 19.1. The molecule has 30 heavy (non-hydrogen) atoms. The van der Waals surface area contributed by atoms with Crippen LogP contribution in [0.5, 0.6) is 5.75 Å². The van der Waals surface area contributed by atoms with Crippen molar-refractivity contribution >= 4 is 28.3 Å². The number of benzene rings is 3. The third-order valence-electron chi connectivity index (χ3n) is 5.51. The molecule has 1 heterocycles. The highest BCUT2D eigenvalue weighted by Gasteiger charge is 2.31. The molecule has 0 saturated heterocycles. The first-order chi connectivity index (χ1) is 14.5. The van der Waals surface area contributed by atoms with Crippen LogP contribution in [0.3, 0.4) is 0 Å². The van der Waals surface area contributed by atoms with E-state index in [4.69, 9.17) is 4.74 Å². The van der Waals surface area contributed by atoms with Crippen molar-refractivity contribution in [1.82, 2.24) is 5.32 Å². The molecular weight excluding hydrogens is 376 g/mol. The predicted molar refractivity (Wildman–Crippen MR) is 119 cm³/mol. The summed E-state index contributed by atoms with van der Waals surface area (Å²) in [5.74, 6) is 0.891. The van der Waals surface area contributed by atoms with Crippen LogP contribution >= 0.6 is 0 Å². The summed E-state index contributed by atoms with van der Waals surface area (Å²) in [6.07, 6.45) is 0.807. The highest BCUT2D eigenvalue weighted by molar-refractivity contribution is 6.26. The van der Waals surface area contributed by atoms with Crippen LogP contribution < -0.4 is 15.0 Å². The van der Waals surface area contributed by atoms with Crippen LogP contribution in [-0.2, 0) is 4.79 Å². The molecule has 5 heteroatoms. The van der Waals surface area contributed by atoms with Gasteiger partial charge in [0.05, 0.1) is 18.8 Å². The molecule has 0 aromatic heterocycles. The number of anilines is 1. The van der Waals surface area contributed by atoms with Crippen molar-refractivity contribution in [2.75, 3.05) is 18.6 Å². The molecule has 0 unspecified atom stereocenters. The summed E-state index contributed by atoms with van der Waals surface area (Å²) >= 11 is 0. The Morgan fingerprint density at radius 2 is 1.73 bits per heavy atom. The highest BCUT2D eigenvalue weighted by atomic mass is 16.5. The number of rotatable bonds is 7. The Hall–Kier alpha value is -3.34. The second-order valence-electron chi connectivity index (χ2n) is 8.09. The lowest BCUT2D eigenvalue weighted by molar-refractivity contribution is -0.120. The second kappa shape index (κ2) is 8.19. The van der Waals surface area contributed by atoms with Crippen LogP contribution in [0.25, 0.3) is 10.8 Å². The number of methoxy groups -OCH3 is 1. The van der Waals surface area contributed by atoms with Gasteiger partial charge in [-0.05, 0) is 47.6 Å². The van der Waals surface area contributed by atoms with Gasteiger partial charge in [-0.2, -0.15) is 0 Å². The van der Waals surface area contributed by atoms with E-state index in [1.54, 1.807) is 12.0 Å². The lowest BCUT2D eigenvalue weighted by Crippen LogP contribution is -2.40. The van der Waals surface area contributed by atoms with Crippen molar-refractivity contribution in [3.63, 3.8) is 0 Å². The molecular formula is C25H26N2O3. The minimum atomic E-state index is -0.172. The van der Waals surface area contributed by atoms with Crippen LogP contribution in [0.2, 0.25) is 0 Å². The zero-order chi connectivity index (χ0) is 21.3. The third kappa shape index (κ3) is 3.75. The van der Waals surface area contributed by atoms with Crippen molar-refractivity contribution in [1.29, 1.82) is 0 Å². The fourth-order valence-corrected chi connectivity index (χ4v) is 4.11. The van der Waals surface area contributed by atoms with Crippen molar-refractivity contribution in [2.24, 2.45) is 5.92 Å². The van der Waals surface area contributed by atoms with Gasteiger partial charge >= 0.3 is 0 Å². The first-order valence-corrected chi connectivity index (χ1v) is 10.2. The van der Waals surface area contributed by atoms with Crippen molar-refractivity contribution in [3.05, 3.63) is 71.8 Å². The Kier molecular flexibility index (Phi) is 5.44. The maximum atomic E-state index is 13.0. The molecule has 154 valence electrons. The quantitative estimate of drug-likeness (QED) is 0.623. The number of amides is 2. The lowest BCUT2D eigenvalue weighted by atomic mass is 9.97. The van der Waals surface area contributed by atoms with Gasteiger partial charge in [0.1, 0.15) is 12.3 Å². The topological polar surface area (TPSA) is 58.6 Å². The van der Waals surface area contributed by atoms with Gasteiger partial charge in [-0.25, -0.2) is 0 Å². The van der Waals surface area contributed by atoms with Gasteiger partial charge in [0.15, 0.2) is 0 Å². The van der Waals surface area contributed by atoms with E-state index in [9.17, 15) is 9.59 Å². The minimum absolute atomic E-state index is 0.00260. The maximum absolute atomic E-state index is 13.0. The summed E-state index contributed by atoms with van der Waals surface area (Å²) in [4.78, 5) is 27.5. The van der Waals surface area contributed by atoms with Crippen LogP contribution in [0.15, 0.2) is 60.7 Å². The standard InChI is InChI=1S/C25H26N2O3/c1-16(2)14-21(17-10-12-19(30-3)13-11-17)26-23(28)15-27-22-9-5-7-18-6-4-8-20(24(18)22)25(27)29/h4-13,16,21H,14-15H2,1-3H3,(H,26,28)/t21-/m1/s1. The number of carbonyl (C=O) groups is 2. The Morgan fingerprint density at radius 1 is 1.03 bits per heavy atom. The van der Waals surface area contributed by atoms with E-state index in [0.717, 1.165) is 34.2 Å². The summed E-state index contributed by atoms with van der Waals surface area (Å²) in [5, 5.41) is 5.07. The molecule has 0 spiro atoms. The SMILES string of the molecule is COc1ccc([C@@H](CC(C)C)NC(=O)CN2C(=O)c3cccc4cccc2c34)cc1. The minimum Gasteiger partial charge on any atom is -0.497 e. The first kappa shape index (κ1) is 20.0. The Bertz CT molecular complexity index is 1080. The fourth-order valence-electron chi connectivity index (χ4n) is 4.11. The van der Waals surface area contributed by atoms with E-state index in [0.29, 0.717) is 11.5 Å². The van der Waals surface area contributed by atoms with Gasteiger partial charge in [-0.1, -0.05) is 50.2 Å². The van der Waals surface area contributed by atoms with Crippen molar-refractivity contribution < 1.29 is 14.3 Å². The fraction of sp³-hybridized carbons (Fsp3) is 0.280. The molecule has 1 N–H and O–H groups in total. The summed E-state index contributed by atoms with van der Waals surface area (Å²) < 4.78 is 5.24. The molecule has 1 aliphatic rings. The van der Waals surface area contributed by atoms with Crippen molar-refractivity contribution in [2.45, 2.75) is 26.3 Å². The van der Waals surface area contributed by atoms with Gasteiger partial charge in [0.2, 0.25) is 5.91 Å². The Balaban J connectivity index is 1.54. The molecule has 3 aromatic carbocycles. The largest absolute Gasteiger partial charge is 0.497 e. The van der Waals surface area contributed by atoms with E-state index >= 15 is 0 Å². The molecule has 1 aliphatic heterocycles. The van der Waals surface area contributed by atoms with E-state index in [1.165, 1.54) is 0 Å². The highest BCUT2D eigenvalue weighted by Crippen LogP contribution is 2.37. The third-order valence-corrected chi connectivity index (χ3v) is 5.51. The van der Waals surface area contributed by atoms with E-state index < -0.39 is 0 Å². The molecule has 4 rings (SSSR count). The monoisotopic (exact) mass is 402 g/mol. The van der Waals surface area contributed by atoms with E-state index in [-0.39, 0.29) is 24.4 Å². The number of nitrogens with one attached hydrogen (secondary N) is 1. The first-order valence-electron chi connectivity index (χ1n) is 10.2. The molecule has 0 radical (unpaired) electrons. The zero-order valence-corrected chi connectivity index (χ0v) is 17.5. The van der Waals surface area contributed by atoms with E-state index in [2.05, 4.69) is 19.2 Å². The number of nitrogens with zero attached hydrogens (tertiary/aromatic N) is 1. The zero-order valence-electron chi connectivity index (χ0n) is 17.5. The van der Waals surface area contributed by atoms with Crippen LogP contribution in [0.4, 0.5) is 5.69 Å². The molecule has 3 aromatic rings. The predicted octanol–water partition coefficient (Wildman–Crippen LogP) is 4.71. The molecule has 0 aliphatic carbocycles. The number of ether oxygens (including phenoxy) is 1. The summed E-state index contributed by atoms with van der Waals surface area (Å²) in [6.45, 7) is 4.26. The summed E-state index contributed by atoms with van der Waals surface area (Å²) in [5.41, 5.74) is 2.48. The maximum Gasteiger partial charge on any atom is 0.259 e. The van der Waals surface area contributed by atoms with Gasteiger partial charge in [-0.3, -0.25) is 14.5 Å². The Labute approximate surface area is 176 Å². The second-order valence-corrected chi connectivity index (χ2v) is 8.09. The van der Waals surface area contributed by atoms with Gasteiger partial charge in [0, 0.05) is 10.9 Å². The molecule has 2 amide bonds. The van der Waals surface area contributed by atoms with E-state index in [1.807, 2.05) is 60.7 Å². The molecule has 0 bridgehead atoms. The number of hydrogen-bond donors (Lipinski definition) is 1. The molecule has 5 nitrogen and oxygen atoms in total. The van der Waals surface area contributed by atoms with Crippen LogP contribution in [0.1, 0.15) is 42.2 Å². The summed E-state index contributed by atoms with van der Waals surface area (Å²) in [7, 11) is 1.63. The lowest BCUT2D eigenvalue weighted by Gasteiger charge is -2.24. The smallest absolute Gasteiger partial charge is 0.259 e. The van der Waals surface area contributed by atoms with Gasteiger partial charge < -0.3 is 10.1 Å². The van der Waals surface area contributed by atoms with Gasteiger partial charge in [-0.15, -0.1) is 0 Å². The normalized spacial score (nSPS) is 13.7. The molecule has 0 fully saturated rings. The van der Waals surface area contributed by atoms with Crippen molar-refractivity contribution in [3.8, 4) is 5.75 Å². The molecule has 0 saturated carbocycles.